The van der Waals surface area contributed by atoms with Crippen LogP contribution in [0.5, 0.6) is 5.75 Å². The summed E-state index contributed by atoms with van der Waals surface area (Å²) in [5.41, 5.74) is 2.30. The Kier molecular flexibility index (Phi) is 7.07. The van der Waals surface area contributed by atoms with Crippen LogP contribution in [0.25, 0.3) is 11.5 Å². The van der Waals surface area contributed by atoms with Gasteiger partial charge < -0.3 is 19.4 Å². The van der Waals surface area contributed by atoms with Gasteiger partial charge in [-0.1, -0.05) is 37.6 Å². The summed E-state index contributed by atoms with van der Waals surface area (Å²) in [6, 6.07) is 14.7. The van der Waals surface area contributed by atoms with E-state index in [0.717, 1.165) is 24.0 Å². The van der Waals surface area contributed by atoms with Gasteiger partial charge in [0.15, 0.2) is 0 Å². The van der Waals surface area contributed by atoms with Crippen LogP contribution in [0.1, 0.15) is 44.2 Å². The van der Waals surface area contributed by atoms with Crippen molar-refractivity contribution in [3.05, 3.63) is 66.6 Å². The number of nitrogens with one attached hydrogen (secondary N) is 1. The summed E-state index contributed by atoms with van der Waals surface area (Å²) in [6.07, 6.45) is 5.78. The quantitative estimate of drug-likeness (QED) is 0.521. The van der Waals surface area contributed by atoms with Crippen LogP contribution in [-0.4, -0.2) is 35.4 Å². The highest BCUT2D eigenvalue weighted by Crippen LogP contribution is 2.41. The third-order valence-corrected chi connectivity index (χ3v) is 6.06. The summed E-state index contributed by atoms with van der Waals surface area (Å²) in [4.78, 5) is 32.5. The highest BCUT2D eigenvalue weighted by molar-refractivity contribution is 5.95. The monoisotopic (exact) mass is 447 g/mol. The maximum Gasteiger partial charge on any atom is 0.229 e. The van der Waals surface area contributed by atoms with E-state index < -0.39 is 5.92 Å². The van der Waals surface area contributed by atoms with Gasteiger partial charge in [-0.3, -0.25) is 9.59 Å². The van der Waals surface area contributed by atoms with E-state index in [9.17, 15) is 9.59 Å². The van der Waals surface area contributed by atoms with Gasteiger partial charge in [-0.15, -0.1) is 0 Å². The molecule has 7 heteroatoms. The first-order valence-electron chi connectivity index (χ1n) is 11.4. The van der Waals surface area contributed by atoms with Crippen LogP contribution in [-0.2, 0) is 9.59 Å². The Labute approximate surface area is 193 Å². The van der Waals surface area contributed by atoms with Crippen molar-refractivity contribution in [3.8, 4) is 17.2 Å². The van der Waals surface area contributed by atoms with E-state index in [4.69, 9.17) is 9.15 Å². The zero-order valence-electron chi connectivity index (χ0n) is 19.0. The van der Waals surface area contributed by atoms with Crippen molar-refractivity contribution in [2.24, 2.45) is 5.92 Å². The molecule has 1 aliphatic heterocycles. The molecule has 0 saturated carbocycles. The first-order valence-corrected chi connectivity index (χ1v) is 11.4. The number of benzene rings is 2. The van der Waals surface area contributed by atoms with Crippen molar-refractivity contribution in [3.63, 3.8) is 0 Å². The van der Waals surface area contributed by atoms with Gasteiger partial charge in [-0.25, -0.2) is 4.98 Å². The number of anilines is 1. The maximum absolute atomic E-state index is 13.5. The van der Waals surface area contributed by atoms with Crippen molar-refractivity contribution in [2.75, 3.05) is 19.0 Å². The molecule has 1 aromatic heterocycles. The molecule has 2 aromatic carbocycles. The van der Waals surface area contributed by atoms with Crippen LogP contribution in [0.15, 0.2) is 65.4 Å². The SMILES string of the molecule is CCCCN1C(=O)CC[C@H](C(=O)Nc2cccc(-c3ncco3)c2)[C@H]1c1ccccc1OC. The molecule has 7 nitrogen and oxygen atoms in total. The molecule has 0 aliphatic carbocycles. The summed E-state index contributed by atoms with van der Waals surface area (Å²) in [5.74, 6) is 0.731. The molecule has 2 amide bonds. The van der Waals surface area contributed by atoms with E-state index in [-0.39, 0.29) is 17.9 Å². The van der Waals surface area contributed by atoms with Crippen LogP contribution in [0.4, 0.5) is 5.69 Å². The van der Waals surface area contributed by atoms with Gasteiger partial charge >= 0.3 is 0 Å². The summed E-state index contributed by atoms with van der Waals surface area (Å²) in [6.45, 7) is 2.71. The zero-order valence-corrected chi connectivity index (χ0v) is 19.0. The van der Waals surface area contributed by atoms with E-state index in [1.807, 2.05) is 53.4 Å². The standard InChI is InChI=1S/C26H29N3O4/c1-3-4-15-29-23(30)13-12-21(24(29)20-10-5-6-11-22(20)32-2)25(31)28-19-9-7-8-18(17-19)26-27-14-16-33-26/h5-11,14,16-17,21,24H,3-4,12-13,15H2,1-2H3,(H,28,31)/t21-,24+/m0/s1. The zero-order chi connectivity index (χ0) is 23.2. The smallest absolute Gasteiger partial charge is 0.229 e. The molecule has 2 heterocycles. The fourth-order valence-electron chi connectivity index (χ4n) is 4.45. The molecule has 0 bridgehead atoms. The van der Waals surface area contributed by atoms with Gasteiger partial charge in [0.25, 0.3) is 0 Å². The largest absolute Gasteiger partial charge is 0.496 e. The summed E-state index contributed by atoms with van der Waals surface area (Å²) in [5, 5.41) is 3.06. The average molecular weight is 448 g/mol. The second kappa shape index (κ2) is 10.3. The molecule has 0 radical (unpaired) electrons. The van der Waals surface area contributed by atoms with E-state index in [1.165, 1.54) is 6.26 Å². The number of amides is 2. The van der Waals surface area contributed by atoms with E-state index >= 15 is 0 Å². The number of methoxy groups -OCH3 is 1. The van der Waals surface area contributed by atoms with E-state index in [1.54, 1.807) is 13.3 Å². The number of carbonyl (C=O) groups excluding carboxylic acids is 2. The minimum Gasteiger partial charge on any atom is -0.496 e. The van der Waals surface area contributed by atoms with Gasteiger partial charge in [0, 0.05) is 29.8 Å². The highest BCUT2D eigenvalue weighted by Gasteiger charge is 2.41. The van der Waals surface area contributed by atoms with Crippen LogP contribution in [0, 0.1) is 5.92 Å². The van der Waals surface area contributed by atoms with E-state index in [0.29, 0.717) is 36.7 Å². The minimum absolute atomic E-state index is 0.0781. The van der Waals surface area contributed by atoms with Crippen LogP contribution >= 0.6 is 0 Å². The number of hydrogen-bond donors (Lipinski definition) is 1. The Morgan fingerprint density at radius 3 is 2.85 bits per heavy atom. The predicted molar refractivity (Wildman–Crippen MR) is 126 cm³/mol. The number of aromatic nitrogens is 1. The molecule has 0 unspecified atom stereocenters. The topological polar surface area (TPSA) is 84.7 Å². The van der Waals surface area contributed by atoms with Gasteiger partial charge in [0.1, 0.15) is 12.0 Å². The number of likely N-dealkylation sites (tertiary alicyclic amines) is 1. The Morgan fingerprint density at radius 2 is 2.09 bits per heavy atom. The third kappa shape index (κ3) is 4.92. The molecule has 0 spiro atoms. The molecule has 1 aliphatic rings. The number of nitrogens with zero attached hydrogens (tertiary/aromatic N) is 2. The highest BCUT2D eigenvalue weighted by atomic mass is 16.5. The number of ether oxygens (including phenoxy) is 1. The van der Waals surface area contributed by atoms with Crippen molar-refractivity contribution in [1.82, 2.24) is 9.88 Å². The Hall–Kier alpha value is -3.61. The molecular weight excluding hydrogens is 418 g/mol. The summed E-state index contributed by atoms with van der Waals surface area (Å²) >= 11 is 0. The van der Waals surface area contributed by atoms with Crippen molar-refractivity contribution >= 4 is 17.5 Å². The van der Waals surface area contributed by atoms with Crippen LogP contribution in [0.3, 0.4) is 0 Å². The fourth-order valence-corrected chi connectivity index (χ4v) is 4.45. The number of rotatable bonds is 8. The number of para-hydroxylation sites is 1. The van der Waals surface area contributed by atoms with Crippen LogP contribution < -0.4 is 10.1 Å². The van der Waals surface area contributed by atoms with Gasteiger partial charge in [0.05, 0.1) is 25.3 Å². The molecule has 1 saturated heterocycles. The van der Waals surface area contributed by atoms with Gasteiger partial charge in [-0.2, -0.15) is 0 Å². The lowest BCUT2D eigenvalue weighted by atomic mass is 9.83. The first-order chi connectivity index (χ1) is 16.1. The number of unbranched alkanes of at least 4 members (excludes halogenated alkanes) is 1. The number of hydrogen-bond acceptors (Lipinski definition) is 5. The molecule has 4 rings (SSSR count). The lowest BCUT2D eigenvalue weighted by Crippen LogP contribution is -2.47. The van der Waals surface area contributed by atoms with Crippen molar-refractivity contribution in [1.29, 1.82) is 0 Å². The average Bonchev–Trinajstić information content (AvgIpc) is 3.38. The second-order valence-corrected chi connectivity index (χ2v) is 8.18. The number of oxazole rings is 1. The lowest BCUT2D eigenvalue weighted by molar-refractivity contribution is -0.142. The maximum atomic E-state index is 13.5. The second-order valence-electron chi connectivity index (χ2n) is 8.18. The molecule has 172 valence electrons. The predicted octanol–water partition coefficient (Wildman–Crippen LogP) is 5.07. The Balaban J connectivity index is 1.64. The fraction of sp³-hybridized carbons (Fsp3) is 0.346. The summed E-state index contributed by atoms with van der Waals surface area (Å²) < 4.78 is 11.0. The van der Waals surface area contributed by atoms with Crippen molar-refractivity contribution < 1.29 is 18.7 Å². The number of piperidine rings is 1. The molecular formula is C26H29N3O4. The summed E-state index contributed by atoms with van der Waals surface area (Å²) in [7, 11) is 1.61. The molecule has 2 atom stereocenters. The molecule has 33 heavy (non-hydrogen) atoms. The number of carbonyl (C=O) groups is 2. The molecule has 1 fully saturated rings. The van der Waals surface area contributed by atoms with E-state index in [2.05, 4.69) is 17.2 Å². The Bertz CT molecular complexity index is 1100. The van der Waals surface area contributed by atoms with Crippen LogP contribution in [0.2, 0.25) is 0 Å². The van der Waals surface area contributed by atoms with Gasteiger partial charge in [0.2, 0.25) is 17.7 Å². The molecule has 1 N–H and O–H groups in total. The van der Waals surface area contributed by atoms with Crippen molar-refractivity contribution in [2.45, 2.75) is 38.6 Å². The van der Waals surface area contributed by atoms with Gasteiger partial charge in [-0.05, 0) is 37.1 Å². The first kappa shape index (κ1) is 22.6. The normalized spacial score (nSPS) is 18.2. The lowest BCUT2D eigenvalue weighted by Gasteiger charge is -2.41. The Morgan fingerprint density at radius 1 is 1.24 bits per heavy atom. The molecule has 3 aromatic rings. The third-order valence-electron chi connectivity index (χ3n) is 6.06. The minimum atomic E-state index is -0.402.